The lowest BCUT2D eigenvalue weighted by atomic mass is 10.1. The summed E-state index contributed by atoms with van der Waals surface area (Å²) in [7, 11) is 0. The Morgan fingerprint density at radius 3 is 2.84 bits per heavy atom. The standard InChI is InChI=1S/C13H16N4O2/c1-9-6-17(7-10(2)19-9)13(18)11-4-3-5-16-8-14-15-12(11)16/h3-5,8-10H,6-7H2,1-2H3/t9-,10+. The second-order valence-corrected chi connectivity index (χ2v) is 4.95. The summed E-state index contributed by atoms with van der Waals surface area (Å²) in [5.41, 5.74) is 1.18. The van der Waals surface area contributed by atoms with Gasteiger partial charge in [-0.05, 0) is 26.0 Å². The number of morpholine rings is 1. The fourth-order valence-corrected chi connectivity index (χ4v) is 2.53. The number of carbonyl (C=O) groups excluding carboxylic acids is 1. The second kappa shape index (κ2) is 4.62. The van der Waals surface area contributed by atoms with Gasteiger partial charge in [-0.15, -0.1) is 10.2 Å². The van der Waals surface area contributed by atoms with Gasteiger partial charge in [-0.1, -0.05) is 0 Å². The Balaban J connectivity index is 1.93. The number of ether oxygens (including phenoxy) is 1. The van der Waals surface area contributed by atoms with Crippen molar-refractivity contribution in [2.45, 2.75) is 26.1 Å². The summed E-state index contributed by atoms with van der Waals surface area (Å²) in [6, 6.07) is 3.62. The first-order chi connectivity index (χ1) is 9.15. The van der Waals surface area contributed by atoms with Crippen LogP contribution in [0.4, 0.5) is 0 Å². The lowest BCUT2D eigenvalue weighted by molar-refractivity contribution is -0.0585. The highest BCUT2D eigenvalue weighted by atomic mass is 16.5. The van der Waals surface area contributed by atoms with Crippen molar-refractivity contribution in [3.05, 3.63) is 30.2 Å². The van der Waals surface area contributed by atoms with Crippen molar-refractivity contribution in [2.24, 2.45) is 0 Å². The molecule has 1 fully saturated rings. The van der Waals surface area contributed by atoms with Crippen LogP contribution in [0.1, 0.15) is 24.2 Å². The monoisotopic (exact) mass is 260 g/mol. The van der Waals surface area contributed by atoms with Gasteiger partial charge in [0.1, 0.15) is 6.33 Å². The number of aromatic nitrogens is 3. The molecule has 0 saturated carbocycles. The van der Waals surface area contributed by atoms with Crippen LogP contribution >= 0.6 is 0 Å². The van der Waals surface area contributed by atoms with Crippen LogP contribution in [-0.2, 0) is 4.74 Å². The van der Waals surface area contributed by atoms with Gasteiger partial charge in [0.25, 0.3) is 5.91 Å². The molecule has 0 bridgehead atoms. The molecular formula is C13H16N4O2. The Labute approximate surface area is 111 Å². The molecule has 0 N–H and O–H groups in total. The third kappa shape index (κ3) is 2.19. The lowest BCUT2D eigenvalue weighted by Gasteiger charge is -2.35. The molecule has 0 aromatic carbocycles. The molecule has 1 amide bonds. The molecule has 1 aliphatic rings. The molecule has 6 nitrogen and oxygen atoms in total. The summed E-state index contributed by atoms with van der Waals surface area (Å²) in [4.78, 5) is 14.4. The summed E-state index contributed by atoms with van der Waals surface area (Å²) in [5, 5.41) is 7.84. The van der Waals surface area contributed by atoms with E-state index in [1.165, 1.54) is 0 Å². The Bertz CT molecular complexity index is 599. The minimum atomic E-state index is -0.0133. The van der Waals surface area contributed by atoms with Crippen LogP contribution in [0.25, 0.3) is 5.65 Å². The highest BCUT2D eigenvalue weighted by Crippen LogP contribution is 2.16. The van der Waals surface area contributed by atoms with E-state index >= 15 is 0 Å². The summed E-state index contributed by atoms with van der Waals surface area (Å²) < 4.78 is 7.40. The van der Waals surface area contributed by atoms with Gasteiger partial charge < -0.3 is 9.64 Å². The van der Waals surface area contributed by atoms with Crippen LogP contribution in [0, 0.1) is 0 Å². The minimum absolute atomic E-state index is 0.0133. The van der Waals surface area contributed by atoms with Crippen molar-refractivity contribution in [1.82, 2.24) is 19.5 Å². The van der Waals surface area contributed by atoms with E-state index in [0.29, 0.717) is 24.3 Å². The number of amides is 1. The summed E-state index contributed by atoms with van der Waals surface area (Å²) in [5.74, 6) is -0.0133. The molecule has 3 heterocycles. The molecule has 100 valence electrons. The molecule has 19 heavy (non-hydrogen) atoms. The first kappa shape index (κ1) is 12.1. The van der Waals surface area contributed by atoms with Crippen LogP contribution in [0.2, 0.25) is 0 Å². The Morgan fingerprint density at radius 1 is 1.37 bits per heavy atom. The van der Waals surface area contributed by atoms with E-state index in [0.717, 1.165) is 0 Å². The fourth-order valence-electron chi connectivity index (χ4n) is 2.53. The van der Waals surface area contributed by atoms with Gasteiger partial charge in [0.2, 0.25) is 0 Å². The average molecular weight is 260 g/mol. The largest absolute Gasteiger partial charge is 0.372 e. The van der Waals surface area contributed by atoms with Crippen molar-refractivity contribution in [3.63, 3.8) is 0 Å². The van der Waals surface area contributed by atoms with Crippen molar-refractivity contribution >= 4 is 11.6 Å². The van der Waals surface area contributed by atoms with Crippen LogP contribution in [0.3, 0.4) is 0 Å². The number of nitrogens with zero attached hydrogens (tertiary/aromatic N) is 4. The summed E-state index contributed by atoms with van der Waals surface area (Å²) in [6.07, 6.45) is 3.54. The van der Waals surface area contributed by atoms with E-state index in [-0.39, 0.29) is 18.1 Å². The zero-order valence-corrected chi connectivity index (χ0v) is 11.0. The second-order valence-electron chi connectivity index (χ2n) is 4.95. The number of fused-ring (bicyclic) bond motifs is 1. The van der Waals surface area contributed by atoms with Gasteiger partial charge in [-0.3, -0.25) is 9.20 Å². The Hall–Kier alpha value is -1.95. The van der Waals surface area contributed by atoms with Gasteiger partial charge in [0, 0.05) is 19.3 Å². The SMILES string of the molecule is C[C@@H]1CN(C(=O)c2cccn3cnnc23)C[C@H](C)O1. The molecule has 0 radical (unpaired) electrons. The third-order valence-corrected chi connectivity index (χ3v) is 3.26. The molecule has 2 aromatic heterocycles. The van der Waals surface area contributed by atoms with E-state index in [2.05, 4.69) is 10.2 Å². The molecule has 0 spiro atoms. The molecule has 1 aliphatic heterocycles. The van der Waals surface area contributed by atoms with Crippen molar-refractivity contribution in [1.29, 1.82) is 0 Å². The Morgan fingerprint density at radius 2 is 2.11 bits per heavy atom. The molecular weight excluding hydrogens is 244 g/mol. The highest BCUT2D eigenvalue weighted by Gasteiger charge is 2.27. The summed E-state index contributed by atoms with van der Waals surface area (Å²) >= 11 is 0. The van der Waals surface area contributed by atoms with Crippen LogP contribution in [-0.4, -0.2) is 50.7 Å². The number of carbonyl (C=O) groups is 1. The van der Waals surface area contributed by atoms with E-state index in [9.17, 15) is 4.79 Å². The number of hydrogen-bond acceptors (Lipinski definition) is 4. The topological polar surface area (TPSA) is 59.7 Å². The smallest absolute Gasteiger partial charge is 0.257 e. The van der Waals surface area contributed by atoms with E-state index in [4.69, 9.17) is 4.74 Å². The van der Waals surface area contributed by atoms with Crippen molar-refractivity contribution in [2.75, 3.05) is 13.1 Å². The zero-order chi connectivity index (χ0) is 13.4. The molecule has 3 rings (SSSR count). The van der Waals surface area contributed by atoms with Crippen molar-refractivity contribution in [3.8, 4) is 0 Å². The molecule has 2 aromatic rings. The van der Waals surface area contributed by atoms with E-state index in [1.54, 1.807) is 16.8 Å². The summed E-state index contributed by atoms with van der Waals surface area (Å²) in [6.45, 7) is 5.18. The number of pyridine rings is 1. The number of hydrogen-bond donors (Lipinski definition) is 0. The molecule has 1 saturated heterocycles. The van der Waals surface area contributed by atoms with Gasteiger partial charge in [-0.2, -0.15) is 0 Å². The predicted molar refractivity (Wildman–Crippen MR) is 68.9 cm³/mol. The van der Waals surface area contributed by atoms with Gasteiger partial charge in [-0.25, -0.2) is 0 Å². The van der Waals surface area contributed by atoms with Crippen molar-refractivity contribution < 1.29 is 9.53 Å². The maximum Gasteiger partial charge on any atom is 0.257 e. The van der Waals surface area contributed by atoms with Gasteiger partial charge in [0.05, 0.1) is 17.8 Å². The van der Waals surface area contributed by atoms with Crippen LogP contribution < -0.4 is 0 Å². The number of rotatable bonds is 1. The van der Waals surface area contributed by atoms with E-state index in [1.807, 2.05) is 31.0 Å². The Kier molecular flexibility index (Phi) is 2.94. The highest BCUT2D eigenvalue weighted by molar-refractivity contribution is 5.99. The minimum Gasteiger partial charge on any atom is -0.372 e. The molecule has 0 unspecified atom stereocenters. The maximum absolute atomic E-state index is 12.6. The first-order valence-electron chi connectivity index (χ1n) is 6.38. The normalized spacial score (nSPS) is 23.8. The van der Waals surface area contributed by atoms with E-state index < -0.39 is 0 Å². The maximum atomic E-state index is 12.6. The fraction of sp³-hybridized carbons (Fsp3) is 0.462. The van der Waals surface area contributed by atoms with Gasteiger partial charge in [0.15, 0.2) is 5.65 Å². The lowest BCUT2D eigenvalue weighted by Crippen LogP contribution is -2.48. The third-order valence-electron chi connectivity index (χ3n) is 3.26. The predicted octanol–water partition coefficient (Wildman–Crippen LogP) is 0.979. The van der Waals surface area contributed by atoms with Gasteiger partial charge >= 0.3 is 0 Å². The zero-order valence-electron chi connectivity index (χ0n) is 11.0. The molecule has 6 heteroatoms. The average Bonchev–Trinajstić information content (AvgIpc) is 2.84. The van der Waals surface area contributed by atoms with Crippen LogP contribution in [0.5, 0.6) is 0 Å². The van der Waals surface area contributed by atoms with Crippen LogP contribution in [0.15, 0.2) is 24.7 Å². The molecule has 2 atom stereocenters. The quantitative estimate of drug-likeness (QED) is 0.767. The first-order valence-corrected chi connectivity index (χ1v) is 6.38. The molecule has 0 aliphatic carbocycles.